The SMILES string of the molecule is [C-]#[N+]c1ccc2c(c1)CC1(CCNCC1)C(=NCc1cccc(Cl)c1)N2. The van der Waals surface area contributed by atoms with Gasteiger partial charge in [-0.2, -0.15) is 0 Å². The van der Waals surface area contributed by atoms with Crippen LogP contribution >= 0.6 is 11.6 Å². The molecule has 2 aliphatic heterocycles. The first kappa shape index (κ1) is 17.1. The van der Waals surface area contributed by atoms with E-state index >= 15 is 0 Å². The largest absolute Gasteiger partial charge is 0.343 e. The molecular weight excluding hydrogens is 344 g/mol. The molecule has 4 rings (SSSR count). The molecule has 0 aliphatic carbocycles. The smallest absolute Gasteiger partial charge is 0.187 e. The van der Waals surface area contributed by atoms with E-state index < -0.39 is 0 Å². The van der Waals surface area contributed by atoms with E-state index in [0.29, 0.717) is 12.2 Å². The van der Waals surface area contributed by atoms with E-state index in [4.69, 9.17) is 23.2 Å². The van der Waals surface area contributed by atoms with E-state index in [1.807, 2.05) is 36.4 Å². The number of nitrogens with zero attached hydrogens (tertiary/aromatic N) is 2. The fourth-order valence-corrected chi connectivity index (χ4v) is 4.17. The lowest BCUT2D eigenvalue weighted by Gasteiger charge is -2.43. The van der Waals surface area contributed by atoms with Gasteiger partial charge in [0.25, 0.3) is 0 Å². The number of piperidine rings is 1. The molecule has 2 aliphatic rings. The van der Waals surface area contributed by atoms with E-state index in [1.54, 1.807) is 0 Å². The third-order valence-electron chi connectivity index (χ3n) is 5.37. The van der Waals surface area contributed by atoms with Crippen molar-refractivity contribution in [3.8, 4) is 0 Å². The van der Waals surface area contributed by atoms with Gasteiger partial charge in [-0.1, -0.05) is 35.9 Å². The number of rotatable bonds is 2. The minimum Gasteiger partial charge on any atom is -0.343 e. The van der Waals surface area contributed by atoms with Crippen molar-refractivity contribution >= 4 is 28.8 Å². The number of benzene rings is 2. The maximum atomic E-state index is 7.28. The molecule has 2 aromatic rings. The maximum absolute atomic E-state index is 7.28. The lowest BCUT2D eigenvalue weighted by Crippen LogP contribution is -2.48. The lowest BCUT2D eigenvalue weighted by atomic mass is 9.70. The summed E-state index contributed by atoms with van der Waals surface area (Å²) in [5, 5.41) is 7.78. The second-order valence-electron chi connectivity index (χ2n) is 7.08. The van der Waals surface area contributed by atoms with Gasteiger partial charge in [0.1, 0.15) is 5.84 Å². The summed E-state index contributed by atoms with van der Waals surface area (Å²) in [4.78, 5) is 8.55. The van der Waals surface area contributed by atoms with Crippen molar-refractivity contribution in [2.75, 3.05) is 18.4 Å². The first-order valence-electron chi connectivity index (χ1n) is 8.96. The van der Waals surface area contributed by atoms with Crippen molar-refractivity contribution in [1.29, 1.82) is 0 Å². The highest BCUT2D eigenvalue weighted by molar-refractivity contribution is 6.30. The molecule has 1 spiro atoms. The Morgan fingerprint density at radius 1 is 1.15 bits per heavy atom. The van der Waals surface area contributed by atoms with Crippen LogP contribution in [0, 0.1) is 12.0 Å². The van der Waals surface area contributed by atoms with Crippen LogP contribution in [0.15, 0.2) is 47.5 Å². The molecular formula is C21H21ClN4. The van der Waals surface area contributed by atoms with Crippen LogP contribution in [-0.2, 0) is 13.0 Å². The Labute approximate surface area is 159 Å². The molecule has 0 aromatic heterocycles. The Hall–Kier alpha value is -2.35. The third-order valence-corrected chi connectivity index (χ3v) is 5.61. The van der Waals surface area contributed by atoms with Gasteiger partial charge < -0.3 is 10.6 Å². The molecule has 0 atom stereocenters. The molecule has 0 amide bonds. The van der Waals surface area contributed by atoms with Crippen molar-refractivity contribution in [2.45, 2.75) is 25.8 Å². The van der Waals surface area contributed by atoms with Crippen LogP contribution in [-0.4, -0.2) is 18.9 Å². The van der Waals surface area contributed by atoms with E-state index in [-0.39, 0.29) is 5.41 Å². The molecule has 4 nitrogen and oxygen atoms in total. The van der Waals surface area contributed by atoms with Gasteiger partial charge in [-0.3, -0.25) is 4.99 Å². The van der Waals surface area contributed by atoms with Gasteiger partial charge in [-0.15, -0.1) is 0 Å². The summed E-state index contributed by atoms with van der Waals surface area (Å²) >= 11 is 6.11. The Morgan fingerprint density at radius 3 is 2.77 bits per heavy atom. The number of fused-ring (bicyclic) bond motifs is 1. The molecule has 0 saturated carbocycles. The predicted molar refractivity (Wildman–Crippen MR) is 107 cm³/mol. The summed E-state index contributed by atoms with van der Waals surface area (Å²) in [5.74, 6) is 1.07. The van der Waals surface area contributed by atoms with Crippen molar-refractivity contribution in [1.82, 2.24) is 5.32 Å². The van der Waals surface area contributed by atoms with Crippen molar-refractivity contribution in [2.24, 2.45) is 10.4 Å². The first-order valence-corrected chi connectivity index (χ1v) is 9.34. The zero-order valence-electron chi connectivity index (χ0n) is 14.6. The van der Waals surface area contributed by atoms with Crippen molar-refractivity contribution in [3.05, 3.63) is 70.0 Å². The number of halogens is 1. The molecule has 1 fully saturated rings. The standard InChI is InChI=1S/C21H21ClN4/c1-23-18-5-6-19-16(12-18)13-21(7-9-24-10-8-21)20(26-19)25-14-15-3-2-4-17(22)11-15/h2-6,11-12,24H,7-10,13-14H2,(H,25,26). The average Bonchev–Trinajstić information content (AvgIpc) is 2.66. The minimum absolute atomic E-state index is 0.0253. The second kappa shape index (κ2) is 7.11. The average molecular weight is 365 g/mol. The molecule has 0 radical (unpaired) electrons. The van der Waals surface area contributed by atoms with Gasteiger partial charge in [0, 0.05) is 16.1 Å². The van der Waals surface area contributed by atoms with E-state index in [0.717, 1.165) is 54.5 Å². The summed E-state index contributed by atoms with van der Waals surface area (Å²) in [7, 11) is 0. The number of amidine groups is 1. The number of nitrogens with one attached hydrogen (secondary N) is 2. The molecule has 1 saturated heterocycles. The Balaban J connectivity index is 1.68. The second-order valence-corrected chi connectivity index (χ2v) is 7.52. The number of hydrogen-bond donors (Lipinski definition) is 2. The van der Waals surface area contributed by atoms with Crippen LogP contribution in [0.4, 0.5) is 11.4 Å². The predicted octanol–water partition coefficient (Wildman–Crippen LogP) is 4.83. The molecule has 2 N–H and O–H groups in total. The van der Waals surface area contributed by atoms with Gasteiger partial charge in [0.05, 0.1) is 13.1 Å². The quantitative estimate of drug-likeness (QED) is 0.749. The first-order chi connectivity index (χ1) is 12.7. The van der Waals surface area contributed by atoms with Crippen LogP contribution in [0.3, 0.4) is 0 Å². The third kappa shape index (κ3) is 3.33. The van der Waals surface area contributed by atoms with Gasteiger partial charge in [0.15, 0.2) is 5.69 Å². The van der Waals surface area contributed by atoms with Crippen molar-refractivity contribution in [3.63, 3.8) is 0 Å². The van der Waals surface area contributed by atoms with Crippen molar-refractivity contribution < 1.29 is 0 Å². The van der Waals surface area contributed by atoms with Gasteiger partial charge in [0.2, 0.25) is 0 Å². The van der Waals surface area contributed by atoms with Crippen LogP contribution in [0.1, 0.15) is 24.0 Å². The van der Waals surface area contributed by atoms with Crippen LogP contribution in [0.2, 0.25) is 5.02 Å². The molecule has 132 valence electrons. The zero-order chi connectivity index (χ0) is 18.0. The zero-order valence-corrected chi connectivity index (χ0v) is 15.3. The molecule has 2 heterocycles. The topological polar surface area (TPSA) is 40.8 Å². The summed E-state index contributed by atoms with van der Waals surface area (Å²) in [5.41, 5.74) is 4.14. The summed E-state index contributed by atoms with van der Waals surface area (Å²) in [6.07, 6.45) is 3.04. The number of anilines is 1. The summed E-state index contributed by atoms with van der Waals surface area (Å²) in [6, 6.07) is 13.8. The highest BCUT2D eigenvalue weighted by Gasteiger charge is 2.41. The Kier molecular flexibility index (Phi) is 4.67. The number of aliphatic imine (C=N–C) groups is 1. The summed E-state index contributed by atoms with van der Waals surface area (Å²) < 4.78 is 0. The number of hydrogen-bond acceptors (Lipinski definition) is 2. The molecule has 5 heteroatoms. The monoisotopic (exact) mass is 364 g/mol. The molecule has 26 heavy (non-hydrogen) atoms. The van der Waals surface area contributed by atoms with Gasteiger partial charge in [-0.25, -0.2) is 4.85 Å². The van der Waals surface area contributed by atoms with Crippen LogP contribution in [0.25, 0.3) is 4.85 Å². The minimum atomic E-state index is 0.0253. The lowest BCUT2D eigenvalue weighted by molar-refractivity contribution is 0.293. The highest BCUT2D eigenvalue weighted by Crippen LogP contribution is 2.42. The summed E-state index contributed by atoms with van der Waals surface area (Å²) in [6.45, 7) is 9.89. The Bertz CT molecular complexity index is 891. The van der Waals surface area contributed by atoms with Crippen LogP contribution < -0.4 is 10.6 Å². The van der Waals surface area contributed by atoms with Gasteiger partial charge >= 0.3 is 0 Å². The van der Waals surface area contributed by atoms with E-state index in [9.17, 15) is 0 Å². The fourth-order valence-electron chi connectivity index (χ4n) is 3.96. The Morgan fingerprint density at radius 2 is 2.00 bits per heavy atom. The molecule has 0 unspecified atom stereocenters. The van der Waals surface area contributed by atoms with Crippen LogP contribution in [0.5, 0.6) is 0 Å². The van der Waals surface area contributed by atoms with E-state index in [1.165, 1.54) is 5.56 Å². The molecule has 2 aromatic carbocycles. The fraction of sp³-hybridized carbons (Fsp3) is 0.333. The molecule has 0 bridgehead atoms. The van der Waals surface area contributed by atoms with E-state index in [2.05, 4.69) is 21.5 Å². The van der Waals surface area contributed by atoms with Gasteiger partial charge in [-0.05, 0) is 61.7 Å². The highest BCUT2D eigenvalue weighted by atomic mass is 35.5. The maximum Gasteiger partial charge on any atom is 0.187 e. The normalized spacial score (nSPS) is 19.6.